The van der Waals surface area contributed by atoms with E-state index in [4.69, 9.17) is 0 Å². The maximum Gasteiger partial charge on any atom is 0.0622 e. The van der Waals surface area contributed by atoms with Crippen LogP contribution in [0.5, 0.6) is 0 Å². The van der Waals surface area contributed by atoms with Crippen LogP contribution in [0, 0.1) is 5.92 Å². The van der Waals surface area contributed by atoms with Crippen molar-refractivity contribution < 1.29 is 5.11 Å². The number of aliphatic hydroxyl groups excluding tert-OH is 1. The minimum absolute atomic E-state index is 0.187. The van der Waals surface area contributed by atoms with Gasteiger partial charge in [-0.3, -0.25) is 0 Å². The van der Waals surface area contributed by atoms with E-state index >= 15 is 0 Å². The summed E-state index contributed by atoms with van der Waals surface area (Å²) < 4.78 is 0. The maximum absolute atomic E-state index is 10.4. The molecule has 1 aromatic heterocycles. The van der Waals surface area contributed by atoms with Crippen LogP contribution in [0.4, 0.5) is 0 Å². The van der Waals surface area contributed by atoms with Crippen LogP contribution in [-0.4, -0.2) is 11.2 Å². The Balaban J connectivity index is 1.59. The Morgan fingerprint density at radius 1 is 1.16 bits per heavy atom. The first-order valence-electron chi connectivity index (χ1n) is 7.08. The van der Waals surface area contributed by atoms with Gasteiger partial charge in [0.05, 0.1) is 6.10 Å². The molecule has 19 heavy (non-hydrogen) atoms. The standard InChI is InChI=1S/C17H20OS/c1-2-13-8-9-14(19-13)10-17(18)16-11-15(16)12-6-4-3-5-7-12/h3-9,15-18H,2,10-11H2,1H3. The largest absolute Gasteiger partial charge is 0.392 e. The summed E-state index contributed by atoms with van der Waals surface area (Å²) in [6.45, 7) is 2.18. The van der Waals surface area contributed by atoms with E-state index in [2.05, 4.69) is 49.4 Å². The summed E-state index contributed by atoms with van der Waals surface area (Å²) in [7, 11) is 0. The molecule has 0 aliphatic heterocycles. The third-order valence-electron chi connectivity index (χ3n) is 4.04. The number of aryl methyl sites for hydroxylation is 1. The molecule has 2 heteroatoms. The quantitative estimate of drug-likeness (QED) is 0.871. The molecule has 1 aliphatic rings. The van der Waals surface area contributed by atoms with Crippen LogP contribution in [0.2, 0.25) is 0 Å². The molecule has 1 nitrogen and oxygen atoms in total. The summed E-state index contributed by atoms with van der Waals surface area (Å²) in [5.41, 5.74) is 1.38. The molecule has 0 bridgehead atoms. The monoisotopic (exact) mass is 272 g/mol. The summed E-state index contributed by atoms with van der Waals surface area (Å²) in [6.07, 6.45) is 2.86. The fourth-order valence-electron chi connectivity index (χ4n) is 2.80. The van der Waals surface area contributed by atoms with Gasteiger partial charge in [0.25, 0.3) is 0 Å². The second-order valence-corrected chi connectivity index (χ2v) is 6.66. The van der Waals surface area contributed by atoms with Gasteiger partial charge in [-0.05, 0) is 42.4 Å². The Morgan fingerprint density at radius 3 is 2.58 bits per heavy atom. The topological polar surface area (TPSA) is 20.2 Å². The van der Waals surface area contributed by atoms with E-state index in [1.165, 1.54) is 15.3 Å². The lowest BCUT2D eigenvalue weighted by Crippen LogP contribution is -2.13. The van der Waals surface area contributed by atoms with E-state index in [0.717, 1.165) is 19.3 Å². The van der Waals surface area contributed by atoms with Crippen LogP contribution < -0.4 is 0 Å². The van der Waals surface area contributed by atoms with Gasteiger partial charge < -0.3 is 5.11 Å². The summed E-state index contributed by atoms with van der Waals surface area (Å²) in [5, 5.41) is 10.4. The minimum Gasteiger partial charge on any atom is -0.392 e. The van der Waals surface area contributed by atoms with Crippen LogP contribution in [0.3, 0.4) is 0 Å². The van der Waals surface area contributed by atoms with Crippen LogP contribution in [0.25, 0.3) is 0 Å². The fourth-order valence-corrected chi connectivity index (χ4v) is 3.81. The number of aliphatic hydroxyl groups is 1. The molecule has 3 rings (SSSR count). The molecule has 0 saturated heterocycles. The third-order valence-corrected chi connectivity index (χ3v) is 5.29. The van der Waals surface area contributed by atoms with Crippen LogP contribution in [-0.2, 0) is 12.8 Å². The van der Waals surface area contributed by atoms with Gasteiger partial charge in [0.2, 0.25) is 0 Å². The highest BCUT2D eigenvalue weighted by Gasteiger charge is 2.43. The smallest absolute Gasteiger partial charge is 0.0622 e. The third kappa shape index (κ3) is 2.90. The molecule has 1 N–H and O–H groups in total. The zero-order valence-corrected chi connectivity index (χ0v) is 12.1. The first kappa shape index (κ1) is 12.9. The second-order valence-electron chi connectivity index (χ2n) is 5.41. The lowest BCUT2D eigenvalue weighted by molar-refractivity contribution is 0.150. The van der Waals surface area contributed by atoms with Crippen LogP contribution in [0.1, 0.15) is 34.6 Å². The van der Waals surface area contributed by atoms with Gasteiger partial charge in [0.15, 0.2) is 0 Å². The Labute approximate surface area is 118 Å². The Hall–Kier alpha value is -1.12. The van der Waals surface area contributed by atoms with Crippen molar-refractivity contribution in [1.29, 1.82) is 0 Å². The highest BCUT2D eigenvalue weighted by atomic mass is 32.1. The first-order chi connectivity index (χ1) is 9.28. The van der Waals surface area contributed by atoms with E-state index < -0.39 is 0 Å². The molecular weight excluding hydrogens is 252 g/mol. The molecule has 1 fully saturated rings. The molecule has 3 atom stereocenters. The molecule has 0 amide bonds. The van der Waals surface area contributed by atoms with E-state index in [1.807, 2.05) is 11.3 Å². The molecule has 1 heterocycles. The van der Waals surface area contributed by atoms with E-state index in [-0.39, 0.29) is 6.10 Å². The van der Waals surface area contributed by atoms with Gasteiger partial charge in [-0.25, -0.2) is 0 Å². The van der Waals surface area contributed by atoms with Gasteiger partial charge in [0, 0.05) is 16.2 Å². The number of benzene rings is 1. The predicted octanol–water partition coefficient (Wildman–Crippen LogP) is 4.02. The van der Waals surface area contributed by atoms with Crippen molar-refractivity contribution in [1.82, 2.24) is 0 Å². The summed E-state index contributed by atoms with van der Waals surface area (Å²) in [5.74, 6) is 1.02. The summed E-state index contributed by atoms with van der Waals surface area (Å²) >= 11 is 1.84. The SMILES string of the molecule is CCc1ccc(CC(O)C2CC2c2ccccc2)s1. The zero-order valence-electron chi connectivity index (χ0n) is 11.3. The Morgan fingerprint density at radius 2 is 1.89 bits per heavy atom. The van der Waals surface area contributed by atoms with Gasteiger partial charge in [-0.1, -0.05) is 37.3 Å². The first-order valence-corrected chi connectivity index (χ1v) is 7.90. The van der Waals surface area contributed by atoms with E-state index in [0.29, 0.717) is 11.8 Å². The highest BCUT2D eigenvalue weighted by Crippen LogP contribution is 2.50. The molecule has 0 radical (unpaired) electrons. The molecular formula is C17H20OS. The van der Waals surface area contributed by atoms with Crippen molar-refractivity contribution in [3.8, 4) is 0 Å². The van der Waals surface area contributed by atoms with Crippen molar-refractivity contribution in [3.63, 3.8) is 0 Å². The van der Waals surface area contributed by atoms with Crippen LogP contribution >= 0.6 is 11.3 Å². The maximum atomic E-state index is 10.4. The van der Waals surface area contributed by atoms with Crippen molar-refractivity contribution in [3.05, 3.63) is 57.8 Å². The molecule has 1 aliphatic carbocycles. The highest BCUT2D eigenvalue weighted by molar-refractivity contribution is 7.11. The lowest BCUT2D eigenvalue weighted by atomic mass is 10.0. The van der Waals surface area contributed by atoms with Crippen molar-refractivity contribution >= 4 is 11.3 Å². The normalized spacial score (nSPS) is 23.3. The summed E-state index contributed by atoms with van der Waals surface area (Å²) in [6, 6.07) is 14.9. The average molecular weight is 272 g/mol. The number of hydrogen-bond acceptors (Lipinski definition) is 2. The van der Waals surface area contributed by atoms with Crippen LogP contribution in [0.15, 0.2) is 42.5 Å². The molecule has 0 spiro atoms. The fraction of sp³-hybridized carbons (Fsp3) is 0.412. The molecule has 100 valence electrons. The predicted molar refractivity (Wildman–Crippen MR) is 80.7 cm³/mol. The minimum atomic E-state index is -0.187. The number of hydrogen-bond donors (Lipinski definition) is 1. The van der Waals surface area contributed by atoms with Crippen molar-refractivity contribution in [2.24, 2.45) is 5.92 Å². The number of rotatable bonds is 5. The van der Waals surface area contributed by atoms with Gasteiger partial charge >= 0.3 is 0 Å². The van der Waals surface area contributed by atoms with Crippen molar-refractivity contribution in [2.45, 2.75) is 38.2 Å². The zero-order chi connectivity index (χ0) is 13.2. The van der Waals surface area contributed by atoms with Gasteiger partial charge in [-0.2, -0.15) is 0 Å². The average Bonchev–Trinajstić information content (AvgIpc) is 3.13. The summed E-state index contributed by atoms with van der Waals surface area (Å²) in [4.78, 5) is 2.74. The van der Waals surface area contributed by atoms with Gasteiger partial charge in [0.1, 0.15) is 0 Å². The molecule has 1 saturated carbocycles. The molecule has 2 aromatic rings. The molecule has 1 aromatic carbocycles. The number of thiophene rings is 1. The lowest BCUT2D eigenvalue weighted by Gasteiger charge is -2.09. The second kappa shape index (κ2) is 5.48. The van der Waals surface area contributed by atoms with E-state index in [1.54, 1.807) is 0 Å². The Kier molecular flexibility index (Phi) is 3.72. The molecule has 3 unspecified atom stereocenters. The van der Waals surface area contributed by atoms with Crippen molar-refractivity contribution in [2.75, 3.05) is 0 Å². The van der Waals surface area contributed by atoms with E-state index in [9.17, 15) is 5.11 Å². The Bertz CT molecular complexity index is 531. The van der Waals surface area contributed by atoms with Gasteiger partial charge in [-0.15, -0.1) is 11.3 Å².